The molecule has 3 aromatic rings. The molecule has 1 aliphatic rings. The van der Waals surface area contributed by atoms with Gasteiger partial charge in [0.05, 0.1) is 17.0 Å². The van der Waals surface area contributed by atoms with E-state index in [4.69, 9.17) is 10.4 Å². The van der Waals surface area contributed by atoms with E-state index in [0.29, 0.717) is 28.9 Å². The molecule has 0 aliphatic heterocycles. The Labute approximate surface area is 150 Å². The molecule has 1 N–H and O–H groups in total. The van der Waals surface area contributed by atoms with E-state index in [1.807, 2.05) is 34.9 Å². The normalized spacial score (nSPS) is 14.8. The molecule has 0 radical (unpaired) electrons. The molecule has 1 aliphatic carbocycles. The molecule has 4 rings (SSSR count). The Kier molecular flexibility index (Phi) is 4.24. The van der Waals surface area contributed by atoms with Crippen LogP contribution in [0.4, 0.5) is 5.69 Å². The van der Waals surface area contributed by atoms with E-state index in [9.17, 15) is 10.1 Å². The Hall–Kier alpha value is -3.02. The highest BCUT2D eigenvalue weighted by Crippen LogP contribution is 2.33. The van der Waals surface area contributed by atoms with Crippen LogP contribution < -0.4 is 5.49 Å². The van der Waals surface area contributed by atoms with Crippen molar-refractivity contribution < 1.29 is 4.92 Å². The Morgan fingerprint density at radius 3 is 2.58 bits per heavy atom. The van der Waals surface area contributed by atoms with Crippen LogP contribution in [0.25, 0.3) is 10.9 Å². The van der Waals surface area contributed by atoms with Crippen molar-refractivity contribution in [2.45, 2.75) is 38.1 Å². The van der Waals surface area contributed by atoms with Crippen molar-refractivity contribution in [2.75, 3.05) is 0 Å². The number of hydrogen-bond acceptors (Lipinski definition) is 4. The molecular formula is C20H20N4O2. The number of nitrogens with one attached hydrogen (secondary N) is 1. The minimum absolute atomic E-state index is 0.00678. The van der Waals surface area contributed by atoms with Crippen LogP contribution in [-0.2, 0) is 6.54 Å². The number of non-ortho nitro benzene ring substituents is 1. The number of nitro benzene ring substituents is 1. The van der Waals surface area contributed by atoms with E-state index in [2.05, 4.69) is 0 Å². The van der Waals surface area contributed by atoms with Gasteiger partial charge in [0.1, 0.15) is 11.3 Å². The van der Waals surface area contributed by atoms with Gasteiger partial charge in [-0.3, -0.25) is 15.5 Å². The van der Waals surface area contributed by atoms with Gasteiger partial charge in [0.2, 0.25) is 0 Å². The molecule has 2 aromatic carbocycles. The van der Waals surface area contributed by atoms with Gasteiger partial charge < -0.3 is 4.57 Å². The van der Waals surface area contributed by atoms with Gasteiger partial charge in [-0.15, -0.1) is 0 Å². The molecule has 0 spiro atoms. The van der Waals surface area contributed by atoms with Crippen LogP contribution >= 0.6 is 0 Å². The Morgan fingerprint density at radius 1 is 1.15 bits per heavy atom. The van der Waals surface area contributed by atoms with Gasteiger partial charge >= 0.3 is 0 Å². The Balaban J connectivity index is 1.92. The van der Waals surface area contributed by atoms with E-state index >= 15 is 0 Å². The lowest BCUT2D eigenvalue weighted by Gasteiger charge is -2.19. The largest absolute Gasteiger partial charge is 0.310 e. The lowest BCUT2D eigenvalue weighted by molar-refractivity contribution is -0.384. The van der Waals surface area contributed by atoms with E-state index in [1.54, 1.807) is 6.07 Å². The minimum atomic E-state index is -0.425. The summed E-state index contributed by atoms with van der Waals surface area (Å²) in [7, 11) is 0. The number of rotatable bonds is 4. The van der Waals surface area contributed by atoms with Crippen LogP contribution in [0.1, 0.15) is 43.0 Å². The second kappa shape index (κ2) is 6.71. The Morgan fingerprint density at radius 2 is 1.88 bits per heavy atom. The van der Waals surface area contributed by atoms with Crippen molar-refractivity contribution in [1.29, 1.82) is 5.41 Å². The maximum atomic E-state index is 11.1. The molecule has 0 bridgehead atoms. The summed E-state index contributed by atoms with van der Waals surface area (Å²) in [6.07, 6.45) is 4.53. The van der Waals surface area contributed by atoms with Crippen molar-refractivity contribution in [3.05, 3.63) is 75.5 Å². The van der Waals surface area contributed by atoms with E-state index in [-0.39, 0.29) is 5.69 Å². The summed E-state index contributed by atoms with van der Waals surface area (Å²) in [4.78, 5) is 15.5. The van der Waals surface area contributed by atoms with Crippen molar-refractivity contribution in [2.24, 2.45) is 0 Å². The van der Waals surface area contributed by atoms with Gasteiger partial charge in [-0.05, 0) is 24.5 Å². The number of benzene rings is 2. The predicted octanol–water partition coefficient (Wildman–Crippen LogP) is 4.13. The Bertz CT molecular complexity index is 1020. The first-order valence-corrected chi connectivity index (χ1v) is 8.91. The molecule has 0 unspecified atom stereocenters. The molecule has 6 nitrogen and oxygen atoms in total. The van der Waals surface area contributed by atoms with Crippen LogP contribution in [0.2, 0.25) is 0 Å². The zero-order chi connectivity index (χ0) is 18.1. The number of fused-ring (bicyclic) bond motifs is 1. The van der Waals surface area contributed by atoms with Crippen molar-refractivity contribution in [3.8, 4) is 0 Å². The molecular weight excluding hydrogens is 328 g/mol. The highest BCUT2D eigenvalue weighted by atomic mass is 16.6. The van der Waals surface area contributed by atoms with Crippen LogP contribution in [0.5, 0.6) is 0 Å². The van der Waals surface area contributed by atoms with Gasteiger partial charge in [-0.25, -0.2) is 4.98 Å². The van der Waals surface area contributed by atoms with Crippen molar-refractivity contribution >= 4 is 16.6 Å². The third-order valence-electron chi connectivity index (χ3n) is 5.13. The smallest absolute Gasteiger partial charge is 0.270 e. The van der Waals surface area contributed by atoms with Gasteiger partial charge in [-0.1, -0.05) is 43.2 Å². The summed E-state index contributed by atoms with van der Waals surface area (Å²) in [5.41, 5.74) is 2.04. The first kappa shape index (κ1) is 16.4. The van der Waals surface area contributed by atoms with E-state index in [1.165, 1.54) is 25.0 Å². The standard InChI is InChI=1S/C20H20N4O2/c21-19-17-12-16(24(25)26)10-11-18(17)22-20(15-8-4-5-9-15)23(19)13-14-6-2-1-3-7-14/h1-3,6-7,10-12,15,21H,4-5,8-9,13H2. The summed E-state index contributed by atoms with van der Waals surface area (Å²) in [5.74, 6) is 1.28. The first-order valence-electron chi connectivity index (χ1n) is 8.91. The monoisotopic (exact) mass is 348 g/mol. The second-order valence-electron chi connectivity index (χ2n) is 6.83. The zero-order valence-corrected chi connectivity index (χ0v) is 14.4. The van der Waals surface area contributed by atoms with E-state index < -0.39 is 4.92 Å². The topological polar surface area (TPSA) is 84.8 Å². The third-order valence-corrected chi connectivity index (χ3v) is 5.13. The zero-order valence-electron chi connectivity index (χ0n) is 14.4. The molecule has 132 valence electrons. The van der Waals surface area contributed by atoms with E-state index in [0.717, 1.165) is 24.2 Å². The number of nitrogens with zero attached hydrogens (tertiary/aromatic N) is 3. The van der Waals surface area contributed by atoms with Gasteiger partial charge in [0.25, 0.3) is 5.69 Å². The fourth-order valence-electron chi connectivity index (χ4n) is 3.79. The lowest BCUT2D eigenvalue weighted by atomic mass is 10.1. The highest BCUT2D eigenvalue weighted by molar-refractivity contribution is 5.80. The maximum Gasteiger partial charge on any atom is 0.270 e. The number of nitro groups is 1. The van der Waals surface area contributed by atoms with Gasteiger partial charge in [0, 0.05) is 23.4 Å². The third kappa shape index (κ3) is 2.98. The second-order valence-corrected chi connectivity index (χ2v) is 6.83. The van der Waals surface area contributed by atoms with Crippen molar-refractivity contribution in [3.63, 3.8) is 0 Å². The molecule has 6 heteroatoms. The SMILES string of the molecule is N=c1c2cc([N+](=O)[O-])ccc2nc(C2CCCC2)n1Cc1ccccc1. The molecule has 0 atom stereocenters. The minimum Gasteiger partial charge on any atom is -0.310 e. The molecule has 1 heterocycles. The molecule has 26 heavy (non-hydrogen) atoms. The molecule has 0 saturated heterocycles. The molecule has 1 fully saturated rings. The number of aromatic nitrogens is 2. The maximum absolute atomic E-state index is 11.1. The quantitative estimate of drug-likeness (QED) is 0.568. The summed E-state index contributed by atoms with van der Waals surface area (Å²) >= 11 is 0. The van der Waals surface area contributed by atoms with Crippen LogP contribution in [0, 0.1) is 15.5 Å². The summed E-state index contributed by atoms with van der Waals surface area (Å²) in [5, 5.41) is 20.4. The average molecular weight is 348 g/mol. The van der Waals surface area contributed by atoms with Gasteiger partial charge in [-0.2, -0.15) is 0 Å². The lowest BCUT2D eigenvalue weighted by Crippen LogP contribution is -2.27. The summed E-state index contributed by atoms with van der Waals surface area (Å²) in [6.45, 7) is 0.553. The first-order chi connectivity index (χ1) is 12.6. The molecule has 0 amide bonds. The fraction of sp³-hybridized carbons (Fsp3) is 0.300. The molecule has 1 aromatic heterocycles. The summed E-state index contributed by atoms with van der Waals surface area (Å²) < 4.78 is 1.93. The van der Waals surface area contributed by atoms with Crippen molar-refractivity contribution in [1.82, 2.24) is 9.55 Å². The molecule has 1 saturated carbocycles. The van der Waals surface area contributed by atoms with Crippen LogP contribution in [0.3, 0.4) is 0 Å². The van der Waals surface area contributed by atoms with Gasteiger partial charge in [0.15, 0.2) is 0 Å². The fourth-order valence-corrected chi connectivity index (χ4v) is 3.79. The highest BCUT2D eigenvalue weighted by Gasteiger charge is 2.23. The average Bonchev–Trinajstić information content (AvgIpc) is 3.19. The van der Waals surface area contributed by atoms with Crippen LogP contribution in [0.15, 0.2) is 48.5 Å². The predicted molar refractivity (Wildman–Crippen MR) is 99.0 cm³/mol. The number of hydrogen-bond donors (Lipinski definition) is 1. The van der Waals surface area contributed by atoms with Crippen LogP contribution in [-0.4, -0.2) is 14.5 Å². The summed E-state index contributed by atoms with van der Waals surface area (Å²) in [6, 6.07) is 14.6.